The Labute approximate surface area is 170 Å². The highest BCUT2D eigenvalue weighted by atomic mass is 32.2. The summed E-state index contributed by atoms with van der Waals surface area (Å²) in [5.41, 5.74) is 4.23. The van der Waals surface area contributed by atoms with E-state index in [2.05, 4.69) is 25.1 Å². The van der Waals surface area contributed by atoms with Crippen molar-refractivity contribution in [3.05, 3.63) is 46.8 Å². The smallest absolute Gasteiger partial charge is 0.339 e. The number of benzene rings is 1. The minimum absolute atomic E-state index is 0.147. The summed E-state index contributed by atoms with van der Waals surface area (Å²) >= 11 is 1.22. The summed E-state index contributed by atoms with van der Waals surface area (Å²) in [4.78, 5) is 35.7. The van der Waals surface area contributed by atoms with Gasteiger partial charge in [-0.3, -0.25) is 4.79 Å². The maximum absolute atomic E-state index is 13.0. The lowest BCUT2D eigenvalue weighted by Crippen LogP contribution is -2.16. The van der Waals surface area contributed by atoms with Gasteiger partial charge in [0.15, 0.2) is 11.4 Å². The van der Waals surface area contributed by atoms with E-state index < -0.39 is 11.2 Å². The fourth-order valence-corrected chi connectivity index (χ4v) is 4.15. The second-order valence-corrected chi connectivity index (χ2v) is 8.01. The number of carbonyl (C=O) groups excluding carboxylic acids is 2. The van der Waals surface area contributed by atoms with Crippen molar-refractivity contribution >= 4 is 45.6 Å². The lowest BCUT2D eigenvalue weighted by molar-refractivity contribution is 0.0599. The number of nitrogens with one attached hydrogen (secondary N) is 2. The number of para-hydroxylation sites is 1. The zero-order chi connectivity index (χ0) is 20.7. The number of carbonyl (C=O) groups is 2. The molecule has 0 saturated heterocycles. The molecular formula is C20H19N5O3S. The third kappa shape index (κ3) is 3.27. The van der Waals surface area contributed by atoms with Crippen molar-refractivity contribution < 1.29 is 14.3 Å². The van der Waals surface area contributed by atoms with E-state index in [4.69, 9.17) is 4.74 Å². The number of methoxy groups -OCH3 is 1. The number of rotatable bonds is 5. The van der Waals surface area contributed by atoms with Crippen LogP contribution >= 0.6 is 11.8 Å². The van der Waals surface area contributed by atoms with E-state index in [1.807, 2.05) is 24.3 Å². The van der Waals surface area contributed by atoms with Crippen molar-refractivity contribution in [2.45, 2.75) is 31.2 Å². The zero-order valence-electron chi connectivity index (χ0n) is 16.4. The highest BCUT2D eigenvalue weighted by Gasteiger charge is 2.26. The van der Waals surface area contributed by atoms with Crippen LogP contribution in [0.25, 0.3) is 22.1 Å². The quantitative estimate of drug-likeness (QED) is 0.294. The number of nitrogens with zero attached hydrogens (tertiary/aromatic N) is 3. The highest BCUT2D eigenvalue weighted by Crippen LogP contribution is 2.28. The summed E-state index contributed by atoms with van der Waals surface area (Å²) in [5.74, 6) is -0.613. The Hall–Kier alpha value is -3.20. The molecule has 8 nitrogen and oxygen atoms in total. The molecule has 0 aliphatic carbocycles. The number of fused-ring (bicyclic) bond motifs is 3. The molecule has 3 heterocycles. The van der Waals surface area contributed by atoms with Gasteiger partial charge < -0.3 is 14.7 Å². The second kappa shape index (κ2) is 7.32. The molecule has 1 aromatic carbocycles. The van der Waals surface area contributed by atoms with Crippen LogP contribution in [-0.2, 0) is 4.74 Å². The number of thioether (sulfide) groups is 1. The molecule has 1 atom stereocenters. The van der Waals surface area contributed by atoms with E-state index in [1.165, 1.54) is 18.9 Å². The van der Waals surface area contributed by atoms with Gasteiger partial charge in [-0.15, -0.1) is 10.2 Å². The van der Waals surface area contributed by atoms with Gasteiger partial charge >= 0.3 is 5.97 Å². The summed E-state index contributed by atoms with van der Waals surface area (Å²) in [6.45, 7) is 5.25. The maximum Gasteiger partial charge on any atom is 0.339 e. The number of H-pyrrole nitrogens is 2. The summed E-state index contributed by atoms with van der Waals surface area (Å²) in [6, 6.07) is 7.78. The second-order valence-electron chi connectivity index (χ2n) is 6.70. The highest BCUT2D eigenvalue weighted by molar-refractivity contribution is 8.00. The van der Waals surface area contributed by atoms with Crippen LogP contribution in [0.3, 0.4) is 0 Å². The molecule has 148 valence electrons. The number of hydrogen-bond acceptors (Lipinski definition) is 7. The van der Waals surface area contributed by atoms with Crippen molar-refractivity contribution in [3.8, 4) is 0 Å². The fraction of sp³-hybridized carbons (Fsp3) is 0.250. The minimum atomic E-state index is -0.471. The Bertz CT molecular complexity index is 1260. The number of esters is 1. The van der Waals surface area contributed by atoms with Gasteiger partial charge in [0.2, 0.25) is 5.16 Å². The van der Waals surface area contributed by atoms with Crippen LogP contribution in [0.5, 0.6) is 0 Å². The molecule has 0 bridgehead atoms. The molecular weight excluding hydrogens is 390 g/mol. The first-order valence-corrected chi connectivity index (χ1v) is 9.88. The van der Waals surface area contributed by atoms with Crippen molar-refractivity contribution in [2.24, 2.45) is 0 Å². The van der Waals surface area contributed by atoms with Crippen molar-refractivity contribution in [3.63, 3.8) is 0 Å². The summed E-state index contributed by atoms with van der Waals surface area (Å²) < 4.78 is 4.81. The SMILES string of the molecule is COC(=O)c1c(C)[nH]c(C(=O)[C@H](C)Sc2nnc3c(n2)[nH]c2ccccc23)c1C. The number of ether oxygens (including phenoxy) is 1. The Kier molecular flexibility index (Phi) is 4.83. The fourth-order valence-electron chi connectivity index (χ4n) is 3.38. The third-order valence-corrected chi connectivity index (χ3v) is 5.78. The van der Waals surface area contributed by atoms with Gasteiger partial charge in [-0.1, -0.05) is 30.0 Å². The average Bonchev–Trinajstić information content (AvgIpc) is 3.23. The Morgan fingerprint density at radius 3 is 2.66 bits per heavy atom. The molecule has 0 spiro atoms. The van der Waals surface area contributed by atoms with E-state index in [9.17, 15) is 9.59 Å². The molecule has 0 aliphatic heterocycles. The van der Waals surface area contributed by atoms with E-state index in [0.717, 1.165) is 10.9 Å². The van der Waals surface area contributed by atoms with E-state index in [-0.39, 0.29) is 5.78 Å². The van der Waals surface area contributed by atoms with Gasteiger partial charge in [-0.25, -0.2) is 9.78 Å². The number of aryl methyl sites for hydroxylation is 1. The van der Waals surface area contributed by atoms with Gasteiger partial charge in [0.1, 0.15) is 5.52 Å². The maximum atomic E-state index is 13.0. The molecule has 9 heteroatoms. The van der Waals surface area contributed by atoms with E-state index in [1.54, 1.807) is 20.8 Å². The largest absolute Gasteiger partial charge is 0.465 e. The Balaban J connectivity index is 1.61. The molecule has 2 N–H and O–H groups in total. The van der Waals surface area contributed by atoms with Gasteiger partial charge in [-0.05, 0) is 32.4 Å². The summed E-state index contributed by atoms with van der Waals surface area (Å²) in [5, 5.41) is 9.34. The van der Waals surface area contributed by atoms with Gasteiger partial charge in [0.05, 0.1) is 23.6 Å². The van der Waals surface area contributed by atoms with Crippen LogP contribution in [-0.4, -0.2) is 49.3 Å². The number of aromatic amines is 2. The van der Waals surface area contributed by atoms with Crippen LogP contribution in [0.15, 0.2) is 29.4 Å². The minimum Gasteiger partial charge on any atom is -0.465 e. The lowest BCUT2D eigenvalue weighted by Gasteiger charge is -2.08. The molecule has 0 amide bonds. The molecule has 3 aromatic heterocycles. The number of aromatic nitrogens is 5. The van der Waals surface area contributed by atoms with Gasteiger partial charge in [0, 0.05) is 16.6 Å². The molecule has 0 unspecified atom stereocenters. The summed E-state index contributed by atoms with van der Waals surface area (Å²) in [7, 11) is 1.32. The predicted octanol–water partition coefficient (Wildman–Crippen LogP) is 3.60. The Morgan fingerprint density at radius 2 is 1.90 bits per heavy atom. The van der Waals surface area contributed by atoms with Crippen LogP contribution in [0.4, 0.5) is 0 Å². The first-order chi connectivity index (χ1) is 13.9. The zero-order valence-corrected chi connectivity index (χ0v) is 17.2. The van der Waals surface area contributed by atoms with Crippen LogP contribution < -0.4 is 0 Å². The van der Waals surface area contributed by atoms with Gasteiger partial charge in [-0.2, -0.15) is 0 Å². The lowest BCUT2D eigenvalue weighted by atomic mass is 10.1. The molecule has 0 fully saturated rings. The first-order valence-electron chi connectivity index (χ1n) is 9.00. The van der Waals surface area contributed by atoms with E-state index in [0.29, 0.717) is 38.8 Å². The molecule has 0 radical (unpaired) electrons. The number of hydrogen-bond donors (Lipinski definition) is 2. The molecule has 29 heavy (non-hydrogen) atoms. The Morgan fingerprint density at radius 1 is 1.14 bits per heavy atom. The first kappa shape index (κ1) is 19.1. The number of Topliss-reactive ketones (excluding diaryl/α,β-unsaturated/α-hetero) is 1. The average molecular weight is 409 g/mol. The monoisotopic (exact) mass is 409 g/mol. The van der Waals surface area contributed by atoms with E-state index >= 15 is 0 Å². The summed E-state index contributed by atoms with van der Waals surface area (Å²) in [6.07, 6.45) is 0. The predicted molar refractivity (Wildman–Crippen MR) is 110 cm³/mol. The van der Waals surface area contributed by atoms with Crippen molar-refractivity contribution in [2.75, 3.05) is 7.11 Å². The molecule has 0 saturated carbocycles. The standard InChI is InChI=1S/C20H19N5O3S/c1-9-14(19(27)28-4)10(2)21-15(9)17(26)11(3)29-20-23-18-16(24-25-20)12-7-5-6-8-13(12)22-18/h5-8,11,21H,1-4H3,(H,22,23,25)/t11-/m0/s1. The number of ketones is 1. The third-order valence-electron chi connectivity index (χ3n) is 4.83. The van der Waals surface area contributed by atoms with Gasteiger partial charge in [0.25, 0.3) is 0 Å². The van der Waals surface area contributed by atoms with Crippen LogP contribution in [0, 0.1) is 13.8 Å². The van der Waals surface area contributed by atoms with Crippen molar-refractivity contribution in [1.29, 1.82) is 0 Å². The van der Waals surface area contributed by atoms with Crippen LogP contribution in [0.1, 0.15) is 39.0 Å². The van der Waals surface area contributed by atoms with Crippen molar-refractivity contribution in [1.82, 2.24) is 25.1 Å². The topological polar surface area (TPSA) is 114 Å². The molecule has 4 rings (SSSR count). The molecule has 4 aromatic rings. The normalized spacial score (nSPS) is 12.4. The van der Waals surface area contributed by atoms with Crippen LogP contribution in [0.2, 0.25) is 0 Å². The molecule has 0 aliphatic rings.